The number of nitrogens with one attached hydrogen (secondary N) is 1. The zero-order valence-corrected chi connectivity index (χ0v) is 11.4. The molecular weight excluding hydrogens is 246 g/mol. The molecule has 90 valence electrons. The molecule has 1 N–H and O–H groups in total. The van der Waals surface area contributed by atoms with Gasteiger partial charge in [0.25, 0.3) is 0 Å². The van der Waals surface area contributed by atoms with Crippen LogP contribution in [0, 0.1) is 5.41 Å². The van der Waals surface area contributed by atoms with Crippen molar-refractivity contribution in [3.05, 3.63) is 5.01 Å². The van der Waals surface area contributed by atoms with Gasteiger partial charge >= 0.3 is 0 Å². The Kier molecular flexibility index (Phi) is 4.27. The van der Waals surface area contributed by atoms with Crippen molar-refractivity contribution in [3.8, 4) is 0 Å². The number of halogens is 1. The highest BCUT2D eigenvalue weighted by Crippen LogP contribution is 2.24. The van der Waals surface area contributed by atoms with Gasteiger partial charge in [0.15, 0.2) is 0 Å². The molecule has 1 heterocycles. The Balaban J connectivity index is 2.62. The lowest BCUT2D eigenvalue weighted by Gasteiger charge is -2.14. The van der Waals surface area contributed by atoms with Crippen LogP contribution in [0.5, 0.6) is 0 Å². The van der Waals surface area contributed by atoms with Gasteiger partial charge in [-0.1, -0.05) is 32.1 Å². The van der Waals surface area contributed by atoms with Crippen LogP contribution in [0.3, 0.4) is 0 Å². The molecule has 0 bridgehead atoms. The second-order valence-corrected chi connectivity index (χ2v) is 6.56. The summed E-state index contributed by atoms with van der Waals surface area (Å²) in [5, 5.41) is 11.4. The van der Waals surface area contributed by atoms with Gasteiger partial charge in [-0.2, -0.15) is 0 Å². The number of carbonyl (C=O) groups excluding carboxylic acids is 1. The fourth-order valence-corrected chi connectivity index (χ4v) is 2.13. The van der Waals surface area contributed by atoms with E-state index in [4.69, 9.17) is 11.6 Å². The quantitative estimate of drug-likeness (QED) is 0.851. The minimum atomic E-state index is -0.560. The Labute approximate surface area is 104 Å². The molecule has 0 aliphatic carbocycles. The van der Waals surface area contributed by atoms with Gasteiger partial charge in [0, 0.05) is 6.42 Å². The van der Waals surface area contributed by atoms with Crippen LogP contribution in [-0.4, -0.2) is 21.5 Å². The van der Waals surface area contributed by atoms with E-state index in [1.54, 1.807) is 6.92 Å². The fraction of sp³-hybridized carbons (Fsp3) is 0.700. The normalized spacial score (nSPS) is 13.6. The number of carbonyl (C=O) groups is 1. The fourth-order valence-electron chi connectivity index (χ4n) is 1.03. The minimum absolute atomic E-state index is 0.167. The van der Waals surface area contributed by atoms with Gasteiger partial charge in [-0.25, -0.2) is 0 Å². The van der Waals surface area contributed by atoms with Crippen molar-refractivity contribution < 1.29 is 4.79 Å². The molecule has 4 nitrogen and oxygen atoms in total. The van der Waals surface area contributed by atoms with Crippen LogP contribution in [0.25, 0.3) is 0 Å². The number of amides is 1. The van der Waals surface area contributed by atoms with Gasteiger partial charge in [0.1, 0.15) is 10.4 Å². The zero-order valence-electron chi connectivity index (χ0n) is 9.87. The van der Waals surface area contributed by atoms with E-state index in [0.717, 1.165) is 11.4 Å². The van der Waals surface area contributed by atoms with Gasteiger partial charge in [-0.05, 0) is 12.3 Å². The van der Waals surface area contributed by atoms with Crippen LogP contribution in [0.15, 0.2) is 0 Å². The van der Waals surface area contributed by atoms with Crippen LogP contribution in [0.1, 0.15) is 32.7 Å². The van der Waals surface area contributed by atoms with Crippen LogP contribution >= 0.6 is 22.9 Å². The van der Waals surface area contributed by atoms with E-state index < -0.39 is 5.38 Å². The van der Waals surface area contributed by atoms with Crippen molar-refractivity contribution in [1.29, 1.82) is 0 Å². The Morgan fingerprint density at radius 3 is 2.62 bits per heavy atom. The Morgan fingerprint density at radius 2 is 2.12 bits per heavy atom. The molecule has 0 aromatic carbocycles. The highest BCUT2D eigenvalue weighted by Gasteiger charge is 2.16. The van der Waals surface area contributed by atoms with E-state index >= 15 is 0 Å². The smallest absolute Gasteiger partial charge is 0.243 e. The molecule has 1 aromatic rings. The second kappa shape index (κ2) is 5.10. The Bertz CT molecular complexity index is 370. The molecule has 0 radical (unpaired) electrons. The van der Waals surface area contributed by atoms with Crippen molar-refractivity contribution in [2.75, 3.05) is 5.32 Å². The summed E-state index contributed by atoms with van der Waals surface area (Å²) in [4.78, 5) is 11.3. The predicted octanol–water partition coefficient (Wildman–Crippen LogP) is 2.69. The first-order valence-electron chi connectivity index (χ1n) is 5.05. The van der Waals surface area contributed by atoms with E-state index in [2.05, 4.69) is 36.3 Å². The predicted molar refractivity (Wildman–Crippen MR) is 67.0 cm³/mol. The van der Waals surface area contributed by atoms with Gasteiger partial charge in [0.2, 0.25) is 11.0 Å². The highest BCUT2D eigenvalue weighted by molar-refractivity contribution is 7.15. The van der Waals surface area contributed by atoms with Crippen LogP contribution in [0.4, 0.5) is 5.13 Å². The van der Waals surface area contributed by atoms with Gasteiger partial charge in [0.05, 0.1) is 0 Å². The molecule has 1 atom stereocenters. The van der Waals surface area contributed by atoms with Crippen molar-refractivity contribution in [2.24, 2.45) is 5.41 Å². The summed E-state index contributed by atoms with van der Waals surface area (Å²) < 4.78 is 0. The number of anilines is 1. The molecule has 1 rings (SSSR count). The summed E-state index contributed by atoms with van der Waals surface area (Å²) in [6.07, 6.45) is 0.844. The third kappa shape index (κ3) is 4.45. The molecule has 1 aromatic heterocycles. The number of hydrogen-bond donors (Lipinski definition) is 1. The summed E-state index contributed by atoms with van der Waals surface area (Å²) in [7, 11) is 0. The lowest BCUT2D eigenvalue weighted by atomic mass is 9.93. The average Bonchev–Trinajstić information content (AvgIpc) is 2.49. The molecule has 0 fully saturated rings. The molecule has 0 aliphatic heterocycles. The molecule has 16 heavy (non-hydrogen) atoms. The minimum Gasteiger partial charge on any atom is -0.299 e. The molecule has 0 aliphatic rings. The topological polar surface area (TPSA) is 54.9 Å². The molecule has 6 heteroatoms. The maximum atomic E-state index is 11.3. The third-order valence-corrected chi connectivity index (χ3v) is 2.78. The van der Waals surface area contributed by atoms with E-state index in [0.29, 0.717) is 5.13 Å². The molecule has 0 saturated carbocycles. The van der Waals surface area contributed by atoms with E-state index in [-0.39, 0.29) is 11.3 Å². The lowest BCUT2D eigenvalue weighted by molar-refractivity contribution is -0.115. The monoisotopic (exact) mass is 261 g/mol. The Hall–Kier alpha value is -0.680. The number of aromatic nitrogens is 2. The SMILES string of the molecule is C[C@H](Cl)C(=O)Nc1nnc(CC(C)(C)C)s1. The first kappa shape index (κ1) is 13.4. The standard InChI is InChI=1S/C10H16ClN3OS/c1-6(11)8(15)12-9-14-13-7(16-9)5-10(2,3)4/h6H,5H2,1-4H3,(H,12,14,15)/t6-/m0/s1. The largest absolute Gasteiger partial charge is 0.299 e. The average molecular weight is 262 g/mol. The van der Waals surface area contributed by atoms with Gasteiger partial charge in [-0.15, -0.1) is 21.8 Å². The summed E-state index contributed by atoms with van der Waals surface area (Å²) in [6, 6.07) is 0. The highest BCUT2D eigenvalue weighted by atomic mass is 35.5. The summed E-state index contributed by atoms with van der Waals surface area (Å²) in [5.41, 5.74) is 0.167. The van der Waals surface area contributed by atoms with Gasteiger partial charge in [-0.3, -0.25) is 10.1 Å². The maximum Gasteiger partial charge on any atom is 0.243 e. The van der Waals surface area contributed by atoms with Gasteiger partial charge < -0.3 is 0 Å². The van der Waals surface area contributed by atoms with Crippen LogP contribution in [-0.2, 0) is 11.2 Å². The number of rotatable bonds is 3. The molecular formula is C10H16ClN3OS. The zero-order chi connectivity index (χ0) is 12.3. The Morgan fingerprint density at radius 1 is 1.50 bits per heavy atom. The second-order valence-electron chi connectivity index (χ2n) is 4.84. The lowest BCUT2D eigenvalue weighted by Crippen LogP contribution is -2.20. The van der Waals surface area contributed by atoms with E-state index in [1.165, 1.54) is 11.3 Å². The third-order valence-electron chi connectivity index (χ3n) is 1.74. The van der Waals surface area contributed by atoms with Crippen molar-refractivity contribution in [2.45, 2.75) is 39.5 Å². The summed E-state index contributed by atoms with van der Waals surface area (Å²) in [5.74, 6) is -0.250. The first-order chi connectivity index (χ1) is 7.28. The van der Waals surface area contributed by atoms with Crippen LogP contribution < -0.4 is 5.32 Å². The van der Waals surface area contributed by atoms with E-state index in [9.17, 15) is 4.79 Å². The molecule has 0 unspecified atom stereocenters. The molecule has 0 spiro atoms. The number of alkyl halides is 1. The molecule has 1 amide bonds. The number of nitrogens with zero attached hydrogens (tertiary/aromatic N) is 2. The first-order valence-corrected chi connectivity index (χ1v) is 6.30. The summed E-state index contributed by atoms with van der Waals surface area (Å²) >= 11 is 7.03. The van der Waals surface area contributed by atoms with Crippen LogP contribution in [0.2, 0.25) is 0 Å². The molecule has 0 saturated heterocycles. The van der Waals surface area contributed by atoms with Crippen molar-refractivity contribution in [3.63, 3.8) is 0 Å². The van der Waals surface area contributed by atoms with E-state index in [1.807, 2.05) is 0 Å². The summed E-state index contributed by atoms with van der Waals surface area (Å²) in [6.45, 7) is 8.02. The maximum absolute atomic E-state index is 11.3. The van der Waals surface area contributed by atoms with Crippen molar-refractivity contribution in [1.82, 2.24) is 10.2 Å². The van der Waals surface area contributed by atoms with Crippen molar-refractivity contribution >= 4 is 34.0 Å². The number of hydrogen-bond acceptors (Lipinski definition) is 4.